The van der Waals surface area contributed by atoms with Crippen LogP contribution >= 0.6 is 0 Å². The van der Waals surface area contributed by atoms with Crippen molar-refractivity contribution in [3.05, 3.63) is 28.8 Å². The maximum absolute atomic E-state index is 11.7. The molecule has 0 spiro atoms. The van der Waals surface area contributed by atoms with Gasteiger partial charge in [0.05, 0.1) is 35.2 Å². The number of anilines is 2. The van der Waals surface area contributed by atoms with Crippen molar-refractivity contribution in [3.8, 4) is 0 Å². The number of aromatic amines is 1. The van der Waals surface area contributed by atoms with E-state index in [4.69, 9.17) is 10.5 Å². The lowest BCUT2D eigenvalue weighted by Gasteiger charge is -2.20. The van der Waals surface area contributed by atoms with Gasteiger partial charge in [-0.3, -0.25) is 4.79 Å². The van der Waals surface area contributed by atoms with Crippen LogP contribution in [0.15, 0.2) is 23.3 Å². The number of fused-ring (bicyclic) bond motifs is 1. The fraction of sp³-hybridized carbons (Fsp3) is 0.429. The van der Waals surface area contributed by atoms with Gasteiger partial charge in [0.25, 0.3) is 5.56 Å². The minimum Gasteiger partial charge on any atom is -0.397 e. The van der Waals surface area contributed by atoms with Gasteiger partial charge in [-0.1, -0.05) is 13.3 Å². The molecule has 108 valence electrons. The van der Waals surface area contributed by atoms with Gasteiger partial charge in [-0.25, -0.2) is 4.98 Å². The molecule has 0 amide bonds. The predicted octanol–water partition coefficient (Wildman–Crippen LogP) is 1.73. The highest BCUT2D eigenvalue weighted by atomic mass is 16.5. The van der Waals surface area contributed by atoms with Gasteiger partial charge in [0, 0.05) is 13.2 Å². The lowest BCUT2D eigenvalue weighted by Crippen LogP contribution is -2.25. The summed E-state index contributed by atoms with van der Waals surface area (Å²) in [6.45, 7) is 2.73. The zero-order valence-electron chi connectivity index (χ0n) is 11.8. The molecule has 1 atom stereocenters. The second-order valence-electron chi connectivity index (χ2n) is 4.77. The summed E-state index contributed by atoms with van der Waals surface area (Å²) in [6.07, 6.45) is 3.42. The molecule has 1 heterocycles. The van der Waals surface area contributed by atoms with Gasteiger partial charge in [0.2, 0.25) is 0 Å². The first-order chi connectivity index (χ1) is 9.65. The molecule has 0 aliphatic heterocycles. The highest BCUT2D eigenvalue weighted by Crippen LogP contribution is 2.24. The minimum atomic E-state index is -0.185. The summed E-state index contributed by atoms with van der Waals surface area (Å²) in [7, 11) is 1.68. The van der Waals surface area contributed by atoms with Crippen LogP contribution in [0.25, 0.3) is 10.9 Å². The van der Waals surface area contributed by atoms with Crippen LogP contribution in [-0.4, -0.2) is 29.7 Å². The summed E-state index contributed by atoms with van der Waals surface area (Å²) in [5.74, 6) is 0. The molecule has 2 aromatic rings. The molecule has 0 fully saturated rings. The molecule has 1 unspecified atom stereocenters. The summed E-state index contributed by atoms with van der Waals surface area (Å²) in [5, 5.41) is 3.85. The summed E-state index contributed by atoms with van der Waals surface area (Å²) in [4.78, 5) is 18.4. The van der Waals surface area contributed by atoms with Crippen LogP contribution in [0.5, 0.6) is 0 Å². The fourth-order valence-electron chi connectivity index (χ4n) is 2.22. The predicted molar refractivity (Wildman–Crippen MR) is 81.0 cm³/mol. The van der Waals surface area contributed by atoms with Gasteiger partial charge in [0.1, 0.15) is 0 Å². The van der Waals surface area contributed by atoms with E-state index in [1.165, 1.54) is 6.33 Å². The van der Waals surface area contributed by atoms with Gasteiger partial charge < -0.3 is 20.8 Å². The van der Waals surface area contributed by atoms with Gasteiger partial charge in [-0.15, -0.1) is 0 Å². The minimum absolute atomic E-state index is 0.185. The summed E-state index contributed by atoms with van der Waals surface area (Å²) in [6, 6.07) is 3.64. The molecule has 1 aromatic heterocycles. The second kappa shape index (κ2) is 6.38. The second-order valence-corrected chi connectivity index (χ2v) is 4.77. The Labute approximate surface area is 117 Å². The number of nitrogens with one attached hydrogen (secondary N) is 2. The number of methoxy groups -OCH3 is 1. The fourth-order valence-corrected chi connectivity index (χ4v) is 2.22. The Hall–Kier alpha value is -2.08. The highest BCUT2D eigenvalue weighted by Gasteiger charge is 2.11. The largest absolute Gasteiger partial charge is 0.397 e. The molecule has 0 saturated heterocycles. The third-order valence-electron chi connectivity index (χ3n) is 3.18. The average molecular weight is 276 g/mol. The van der Waals surface area contributed by atoms with E-state index in [1.807, 2.05) is 0 Å². The van der Waals surface area contributed by atoms with Crippen molar-refractivity contribution < 1.29 is 4.74 Å². The molecule has 0 aliphatic carbocycles. The molecule has 2 rings (SSSR count). The van der Waals surface area contributed by atoms with E-state index in [1.54, 1.807) is 19.2 Å². The van der Waals surface area contributed by atoms with Gasteiger partial charge in [-0.2, -0.15) is 0 Å². The Bertz CT molecular complexity index is 633. The first-order valence-electron chi connectivity index (χ1n) is 6.68. The maximum Gasteiger partial charge on any atom is 0.258 e. The summed E-state index contributed by atoms with van der Waals surface area (Å²) < 4.78 is 5.20. The Morgan fingerprint density at radius 1 is 1.50 bits per heavy atom. The number of rotatable bonds is 6. The molecule has 4 N–H and O–H groups in total. The Morgan fingerprint density at radius 2 is 2.30 bits per heavy atom. The Morgan fingerprint density at radius 3 is 3.00 bits per heavy atom. The van der Waals surface area contributed by atoms with Crippen LogP contribution in [-0.2, 0) is 4.74 Å². The molecule has 0 radical (unpaired) electrons. The zero-order chi connectivity index (χ0) is 14.5. The van der Waals surface area contributed by atoms with E-state index in [0.29, 0.717) is 23.2 Å². The Balaban J connectivity index is 2.34. The van der Waals surface area contributed by atoms with Crippen LogP contribution in [0.4, 0.5) is 11.4 Å². The van der Waals surface area contributed by atoms with Crippen LogP contribution in [0.3, 0.4) is 0 Å². The van der Waals surface area contributed by atoms with E-state index in [2.05, 4.69) is 22.2 Å². The van der Waals surface area contributed by atoms with Crippen molar-refractivity contribution in [1.82, 2.24) is 9.97 Å². The van der Waals surface area contributed by atoms with Crippen LogP contribution in [0.1, 0.15) is 19.8 Å². The first-order valence-corrected chi connectivity index (χ1v) is 6.68. The van der Waals surface area contributed by atoms with Gasteiger partial charge in [0.15, 0.2) is 0 Å². The molecule has 0 aliphatic rings. The number of benzene rings is 1. The molecular formula is C14H20N4O2. The van der Waals surface area contributed by atoms with Crippen molar-refractivity contribution in [2.24, 2.45) is 0 Å². The normalized spacial score (nSPS) is 12.5. The number of nitrogens with two attached hydrogens (primary N) is 1. The first kappa shape index (κ1) is 14.3. The van der Waals surface area contributed by atoms with E-state index in [-0.39, 0.29) is 11.6 Å². The van der Waals surface area contributed by atoms with Gasteiger partial charge >= 0.3 is 0 Å². The lowest BCUT2D eigenvalue weighted by atomic mass is 10.1. The molecule has 1 aromatic carbocycles. The zero-order valence-corrected chi connectivity index (χ0v) is 11.8. The third-order valence-corrected chi connectivity index (χ3v) is 3.18. The van der Waals surface area contributed by atoms with Crippen molar-refractivity contribution >= 4 is 22.3 Å². The number of hydrogen-bond acceptors (Lipinski definition) is 5. The van der Waals surface area contributed by atoms with Crippen molar-refractivity contribution in [1.29, 1.82) is 0 Å². The number of ether oxygens (including phenoxy) is 1. The van der Waals surface area contributed by atoms with E-state index in [9.17, 15) is 4.79 Å². The highest BCUT2D eigenvalue weighted by molar-refractivity contribution is 5.88. The summed E-state index contributed by atoms with van der Waals surface area (Å²) >= 11 is 0. The number of nitrogen functional groups attached to an aromatic ring is 1. The molecule has 20 heavy (non-hydrogen) atoms. The van der Waals surface area contributed by atoms with Crippen molar-refractivity contribution in [2.45, 2.75) is 25.8 Å². The molecule has 6 nitrogen and oxygen atoms in total. The smallest absolute Gasteiger partial charge is 0.258 e. The standard InChI is InChI=1S/C14H20N4O2/c1-3-4-9(7-20-2)18-13-6-12-10(5-11(13)15)14(19)17-8-16-12/h5-6,8-9,18H,3-4,7,15H2,1-2H3,(H,16,17,19). The average Bonchev–Trinajstić information content (AvgIpc) is 2.41. The number of aromatic nitrogens is 2. The lowest BCUT2D eigenvalue weighted by molar-refractivity contribution is 0.182. The quantitative estimate of drug-likeness (QED) is 0.699. The van der Waals surface area contributed by atoms with Crippen LogP contribution in [0.2, 0.25) is 0 Å². The topological polar surface area (TPSA) is 93.0 Å². The third kappa shape index (κ3) is 3.08. The molecule has 0 saturated carbocycles. The Kier molecular flexibility index (Phi) is 4.57. The number of hydrogen-bond donors (Lipinski definition) is 3. The number of nitrogens with zero attached hydrogens (tertiary/aromatic N) is 1. The summed E-state index contributed by atoms with van der Waals surface area (Å²) in [5.41, 5.74) is 7.77. The van der Waals surface area contributed by atoms with Crippen molar-refractivity contribution in [2.75, 3.05) is 24.8 Å². The van der Waals surface area contributed by atoms with Crippen molar-refractivity contribution in [3.63, 3.8) is 0 Å². The van der Waals surface area contributed by atoms with Gasteiger partial charge in [-0.05, 0) is 18.6 Å². The van der Waals surface area contributed by atoms with E-state index >= 15 is 0 Å². The monoisotopic (exact) mass is 276 g/mol. The van der Waals surface area contributed by atoms with E-state index in [0.717, 1.165) is 18.5 Å². The maximum atomic E-state index is 11.7. The molecule has 0 bridgehead atoms. The van der Waals surface area contributed by atoms with E-state index < -0.39 is 0 Å². The molecular weight excluding hydrogens is 256 g/mol. The van der Waals surface area contributed by atoms with Crippen LogP contribution in [0, 0.1) is 0 Å². The number of H-pyrrole nitrogens is 1. The SMILES string of the molecule is CCCC(COC)Nc1cc2nc[nH]c(=O)c2cc1N. The van der Waals surface area contributed by atoms with Crippen LogP contribution < -0.4 is 16.6 Å². The molecule has 6 heteroatoms.